The topological polar surface area (TPSA) is 55.6 Å². The predicted molar refractivity (Wildman–Crippen MR) is 208 cm³/mol. The number of rotatable bonds is 1. The second kappa shape index (κ2) is 9.62. The Kier molecular flexibility index (Phi) is 5.11. The number of hydrogen-bond donors (Lipinski definition) is 1. The molecule has 0 saturated carbocycles. The van der Waals surface area contributed by atoms with Crippen molar-refractivity contribution in [3.63, 3.8) is 0 Å². The van der Waals surface area contributed by atoms with Crippen LogP contribution in [0.15, 0.2) is 153 Å². The highest BCUT2D eigenvalue weighted by atomic mass is 32.1. The molecule has 0 bridgehead atoms. The van der Waals surface area contributed by atoms with Gasteiger partial charge in [-0.3, -0.25) is 9.88 Å². The molecular formula is C44H25N3O2S. The quantitative estimate of drug-likeness (QED) is 0.191. The van der Waals surface area contributed by atoms with E-state index in [9.17, 15) is 0 Å². The Morgan fingerprint density at radius 1 is 0.560 bits per heavy atom. The first-order valence-corrected chi connectivity index (χ1v) is 17.7. The van der Waals surface area contributed by atoms with Crippen LogP contribution < -0.4 is 5.32 Å². The maximum atomic E-state index is 6.63. The Hall–Kier alpha value is -6.37. The number of hydrogen-bond acceptors (Lipinski definition) is 5. The Morgan fingerprint density at radius 2 is 1.22 bits per heavy atom. The molecule has 0 fully saturated rings. The van der Waals surface area contributed by atoms with Gasteiger partial charge in [0, 0.05) is 58.1 Å². The molecule has 12 rings (SSSR count). The van der Waals surface area contributed by atoms with Gasteiger partial charge >= 0.3 is 0 Å². The van der Waals surface area contributed by atoms with Gasteiger partial charge in [0.15, 0.2) is 0 Å². The van der Waals surface area contributed by atoms with E-state index in [1.54, 1.807) is 0 Å². The average Bonchev–Trinajstić information content (AvgIpc) is 3.93. The summed E-state index contributed by atoms with van der Waals surface area (Å²) in [7, 11) is 0. The fourth-order valence-electron chi connectivity index (χ4n) is 8.41. The summed E-state index contributed by atoms with van der Waals surface area (Å²) in [5.41, 5.74) is 6.77. The van der Waals surface area contributed by atoms with Crippen molar-refractivity contribution >= 4 is 109 Å². The molecule has 0 amide bonds. The van der Waals surface area contributed by atoms with Crippen molar-refractivity contribution in [1.82, 2.24) is 4.57 Å². The van der Waals surface area contributed by atoms with Crippen molar-refractivity contribution in [3.8, 4) is 0 Å². The molecule has 0 spiro atoms. The van der Waals surface area contributed by atoms with Crippen LogP contribution in [0.1, 0.15) is 17.2 Å². The number of nitrogens with one attached hydrogen (secondary N) is 1. The van der Waals surface area contributed by atoms with E-state index in [1.165, 1.54) is 41.7 Å². The molecule has 1 N–H and O–H groups in total. The second-order valence-corrected chi connectivity index (χ2v) is 14.1. The number of fused-ring (bicyclic) bond motifs is 16. The summed E-state index contributed by atoms with van der Waals surface area (Å²) < 4.78 is 18.1. The van der Waals surface area contributed by atoms with Gasteiger partial charge in [0.2, 0.25) is 11.8 Å². The minimum Gasteiger partial charge on any atom is -0.456 e. The molecule has 5 nitrogen and oxygen atoms in total. The first kappa shape index (κ1) is 26.6. The van der Waals surface area contributed by atoms with Crippen LogP contribution in [0.3, 0.4) is 0 Å². The van der Waals surface area contributed by atoms with Crippen LogP contribution >= 0.6 is 11.3 Å². The molecule has 50 heavy (non-hydrogen) atoms. The third-order valence-electron chi connectivity index (χ3n) is 10.5. The van der Waals surface area contributed by atoms with Gasteiger partial charge in [0.05, 0.1) is 16.6 Å². The van der Waals surface area contributed by atoms with Gasteiger partial charge in [-0.05, 0) is 29.7 Å². The zero-order valence-corrected chi connectivity index (χ0v) is 27.3. The van der Waals surface area contributed by atoms with E-state index in [2.05, 4.69) is 125 Å². The van der Waals surface area contributed by atoms with Crippen molar-refractivity contribution in [2.75, 3.05) is 5.32 Å². The minimum atomic E-state index is -0.385. The lowest BCUT2D eigenvalue weighted by atomic mass is 9.95. The van der Waals surface area contributed by atoms with E-state index >= 15 is 0 Å². The molecule has 1 aliphatic heterocycles. The minimum absolute atomic E-state index is 0.385. The van der Waals surface area contributed by atoms with E-state index in [4.69, 9.17) is 13.8 Å². The molecule has 0 aliphatic carbocycles. The van der Waals surface area contributed by atoms with Crippen molar-refractivity contribution < 1.29 is 8.83 Å². The molecule has 1 unspecified atom stereocenters. The molecule has 1 aliphatic rings. The van der Waals surface area contributed by atoms with Crippen molar-refractivity contribution in [1.29, 1.82) is 0 Å². The standard InChI is InChI=1S/C44H25N3O2S/c1-2-14-26-25(13-1)36-30-17-6-10-23-35(30)50-42(36)38-28-15-3-7-20-32(28)47(40(26)38)44-45-39(37-29-16-5-9-22-34(29)49-43(37)46-44)31-19-11-18-27-24-12-4-8-21-33(24)48-41(27)31/h1-23,39H,(H,45,46). The van der Waals surface area contributed by atoms with E-state index in [1.807, 2.05) is 35.6 Å². The molecule has 1 atom stereocenters. The monoisotopic (exact) mass is 659 g/mol. The van der Waals surface area contributed by atoms with Gasteiger partial charge in [-0.2, -0.15) is 0 Å². The highest BCUT2D eigenvalue weighted by Gasteiger charge is 2.33. The van der Waals surface area contributed by atoms with E-state index in [-0.39, 0.29) is 6.04 Å². The zero-order chi connectivity index (χ0) is 32.5. The number of nitrogens with zero attached hydrogens (tertiary/aromatic N) is 2. The lowest BCUT2D eigenvalue weighted by Gasteiger charge is -2.24. The first-order valence-electron chi connectivity index (χ1n) is 16.8. The van der Waals surface area contributed by atoms with E-state index in [0.29, 0.717) is 11.8 Å². The summed E-state index contributed by atoms with van der Waals surface area (Å²) in [4.78, 5) is 5.66. The number of aromatic nitrogens is 1. The lowest BCUT2D eigenvalue weighted by Crippen LogP contribution is -2.27. The largest absolute Gasteiger partial charge is 0.456 e. The second-order valence-electron chi connectivity index (χ2n) is 13.1. The number of benzene rings is 7. The molecular weight excluding hydrogens is 635 g/mol. The predicted octanol–water partition coefficient (Wildman–Crippen LogP) is 12.4. The molecule has 234 valence electrons. The number of furan rings is 2. The summed E-state index contributed by atoms with van der Waals surface area (Å²) >= 11 is 1.87. The summed E-state index contributed by atoms with van der Waals surface area (Å²) in [6, 6.07) is 48.8. The van der Waals surface area contributed by atoms with Gasteiger partial charge in [0.25, 0.3) is 0 Å². The highest BCUT2D eigenvalue weighted by Crippen LogP contribution is 2.49. The molecule has 11 aromatic rings. The van der Waals surface area contributed by atoms with Crippen LogP contribution in [0.2, 0.25) is 0 Å². The summed E-state index contributed by atoms with van der Waals surface area (Å²) in [5.74, 6) is 1.42. The van der Waals surface area contributed by atoms with Crippen LogP contribution in [-0.4, -0.2) is 10.5 Å². The normalized spacial score (nSPS) is 14.9. The van der Waals surface area contributed by atoms with Crippen LogP contribution in [0.5, 0.6) is 0 Å². The van der Waals surface area contributed by atoms with Gasteiger partial charge in [-0.25, -0.2) is 4.99 Å². The summed E-state index contributed by atoms with van der Waals surface area (Å²) in [6.45, 7) is 0. The fourth-order valence-corrected chi connectivity index (χ4v) is 9.69. The third kappa shape index (κ3) is 3.38. The van der Waals surface area contributed by atoms with Crippen molar-refractivity contribution in [2.45, 2.75) is 6.04 Å². The third-order valence-corrected chi connectivity index (χ3v) is 11.7. The van der Waals surface area contributed by atoms with Crippen LogP contribution in [-0.2, 0) is 0 Å². The number of anilines is 1. The SMILES string of the molecule is c1ccc2c3c(oc2c1)NC(n1c2ccccc2c2c4sc5ccccc5c4c4ccccc4c21)=NC3c1cccc2c1oc1ccccc12. The van der Waals surface area contributed by atoms with Gasteiger partial charge in [0.1, 0.15) is 22.8 Å². The number of aliphatic imine (C=N–C) groups is 1. The van der Waals surface area contributed by atoms with Gasteiger partial charge in [-0.1, -0.05) is 115 Å². The Labute approximate surface area is 288 Å². The number of thiophene rings is 1. The summed E-state index contributed by atoms with van der Waals surface area (Å²) in [5, 5.41) is 14.4. The van der Waals surface area contributed by atoms with Gasteiger partial charge < -0.3 is 8.83 Å². The smallest absolute Gasteiger partial charge is 0.211 e. The highest BCUT2D eigenvalue weighted by molar-refractivity contribution is 7.27. The maximum Gasteiger partial charge on any atom is 0.211 e. The molecule has 7 aromatic carbocycles. The maximum absolute atomic E-state index is 6.63. The average molecular weight is 660 g/mol. The van der Waals surface area contributed by atoms with Crippen molar-refractivity contribution in [2.24, 2.45) is 4.99 Å². The molecule has 0 radical (unpaired) electrons. The molecule has 6 heteroatoms. The molecule has 0 saturated heterocycles. The zero-order valence-electron chi connectivity index (χ0n) is 26.5. The van der Waals surface area contributed by atoms with Crippen molar-refractivity contribution in [3.05, 3.63) is 151 Å². The van der Waals surface area contributed by atoms with Crippen LogP contribution in [0.4, 0.5) is 5.88 Å². The Bertz CT molecular complexity index is 3260. The van der Waals surface area contributed by atoms with Gasteiger partial charge in [-0.15, -0.1) is 11.3 Å². The lowest BCUT2D eigenvalue weighted by molar-refractivity contribution is 0.620. The van der Waals surface area contributed by atoms with E-state index in [0.717, 1.165) is 55.1 Å². The van der Waals surface area contributed by atoms with E-state index < -0.39 is 0 Å². The van der Waals surface area contributed by atoms with Crippen LogP contribution in [0.25, 0.3) is 85.7 Å². The molecule has 4 aromatic heterocycles. The first-order chi connectivity index (χ1) is 24.8. The fraction of sp³-hybridized carbons (Fsp3) is 0.0227. The number of para-hydroxylation sites is 4. The Balaban J connectivity index is 1.23. The molecule has 5 heterocycles. The Morgan fingerprint density at radius 3 is 2.08 bits per heavy atom. The van der Waals surface area contributed by atoms with Crippen LogP contribution in [0, 0.1) is 0 Å². The summed E-state index contributed by atoms with van der Waals surface area (Å²) in [6.07, 6.45) is 0.